The van der Waals surface area contributed by atoms with Gasteiger partial charge < -0.3 is 19.7 Å². The quantitative estimate of drug-likeness (QED) is 0.741. The summed E-state index contributed by atoms with van der Waals surface area (Å²) in [6.45, 7) is 1.39. The first kappa shape index (κ1) is 14.5. The van der Waals surface area contributed by atoms with Crippen LogP contribution in [-0.4, -0.2) is 51.8 Å². The number of likely N-dealkylation sites (N-methyl/N-ethyl adjacent to an activating group) is 1. The Balaban J connectivity index is 2.51. The number of carbonyl (C=O) groups excluding carboxylic acids is 1. The Bertz CT molecular complexity index is 380. The zero-order valence-corrected chi connectivity index (χ0v) is 11.1. The third-order valence-electron chi connectivity index (χ3n) is 2.13. The van der Waals surface area contributed by atoms with E-state index in [9.17, 15) is 4.79 Å². The highest BCUT2D eigenvalue weighted by molar-refractivity contribution is 5.92. The van der Waals surface area contributed by atoms with Crippen molar-refractivity contribution in [2.24, 2.45) is 0 Å². The van der Waals surface area contributed by atoms with E-state index in [1.54, 1.807) is 13.2 Å². The first-order valence-corrected chi connectivity index (χ1v) is 5.78. The maximum absolute atomic E-state index is 11.6. The molecule has 18 heavy (non-hydrogen) atoms. The molecule has 0 aliphatic heterocycles. The fourth-order valence-corrected chi connectivity index (χ4v) is 1.39. The van der Waals surface area contributed by atoms with Crippen LogP contribution in [0.25, 0.3) is 0 Å². The van der Waals surface area contributed by atoms with Gasteiger partial charge in [0.05, 0.1) is 13.2 Å². The first-order chi connectivity index (χ1) is 8.61. The van der Waals surface area contributed by atoms with Gasteiger partial charge >= 0.3 is 0 Å². The number of carbonyl (C=O) groups is 1. The van der Waals surface area contributed by atoms with Crippen LogP contribution in [0.5, 0.6) is 5.75 Å². The van der Waals surface area contributed by atoms with Crippen LogP contribution in [0.2, 0.25) is 0 Å². The van der Waals surface area contributed by atoms with Gasteiger partial charge in [-0.2, -0.15) is 0 Å². The number of anilines is 1. The predicted octanol–water partition coefficient (Wildman–Crippen LogP) is 1.21. The summed E-state index contributed by atoms with van der Waals surface area (Å²) in [5.41, 5.74) is 0.733. The van der Waals surface area contributed by atoms with E-state index in [1.807, 2.05) is 37.2 Å². The number of ether oxygens (including phenoxy) is 2. The van der Waals surface area contributed by atoms with Crippen LogP contribution in [0.15, 0.2) is 24.3 Å². The van der Waals surface area contributed by atoms with Crippen LogP contribution in [0.1, 0.15) is 0 Å². The predicted molar refractivity (Wildman–Crippen MR) is 71.0 cm³/mol. The molecule has 0 aliphatic carbocycles. The molecule has 1 aromatic rings. The average molecular weight is 252 g/mol. The lowest BCUT2D eigenvalue weighted by Crippen LogP contribution is -2.27. The Morgan fingerprint density at radius 1 is 1.33 bits per heavy atom. The van der Waals surface area contributed by atoms with Crippen LogP contribution in [0.4, 0.5) is 5.69 Å². The molecule has 1 N–H and O–H groups in total. The second-order valence-electron chi connectivity index (χ2n) is 4.16. The normalized spacial score (nSPS) is 10.4. The average Bonchev–Trinajstić information content (AvgIpc) is 2.28. The maximum atomic E-state index is 11.6. The van der Waals surface area contributed by atoms with Crippen molar-refractivity contribution in [2.45, 2.75) is 0 Å². The van der Waals surface area contributed by atoms with E-state index in [0.717, 1.165) is 11.4 Å². The summed E-state index contributed by atoms with van der Waals surface area (Å²) in [5, 5.41) is 2.81. The van der Waals surface area contributed by atoms with Crippen LogP contribution in [-0.2, 0) is 9.53 Å². The summed E-state index contributed by atoms with van der Waals surface area (Å²) in [4.78, 5) is 13.4. The van der Waals surface area contributed by atoms with E-state index in [4.69, 9.17) is 9.47 Å². The molecule has 0 spiro atoms. The number of amides is 1. The number of hydrogen-bond donors (Lipinski definition) is 1. The number of benzene rings is 1. The maximum Gasteiger partial charge on any atom is 0.238 e. The van der Waals surface area contributed by atoms with Crippen molar-refractivity contribution in [3.63, 3.8) is 0 Å². The topological polar surface area (TPSA) is 50.8 Å². The van der Waals surface area contributed by atoms with Crippen molar-refractivity contribution >= 4 is 11.6 Å². The number of hydrogen-bond acceptors (Lipinski definition) is 4. The molecule has 0 saturated carbocycles. The van der Waals surface area contributed by atoms with E-state index in [0.29, 0.717) is 19.8 Å². The number of rotatable bonds is 7. The van der Waals surface area contributed by atoms with E-state index in [2.05, 4.69) is 5.32 Å². The van der Waals surface area contributed by atoms with Gasteiger partial charge in [-0.25, -0.2) is 0 Å². The number of nitrogens with zero attached hydrogens (tertiary/aromatic N) is 1. The third-order valence-corrected chi connectivity index (χ3v) is 2.13. The molecular formula is C13H20N2O3. The van der Waals surface area contributed by atoms with Crippen LogP contribution < -0.4 is 10.1 Å². The summed E-state index contributed by atoms with van der Waals surface area (Å²) in [7, 11) is 5.33. The lowest BCUT2D eigenvalue weighted by Gasteiger charge is -2.11. The van der Waals surface area contributed by atoms with E-state index >= 15 is 0 Å². The van der Waals surface area contributed by atoms with Gasteiger partial charge in [-0.15, -0.1) is 0 Å². The number of methoxy groups -OCH3 is 1. The van der Waals surface area contributed by atoms with E-state index < -0.39 is 0 Å². The van der Waals surface area contributed by atoms with Gasteiger partial charge in [0.15, 0.2) is 0 Å². The molecule has 0 fully saturated rings. The van der Waals surface area contributed by atoms with E-state index in [1.165, 1.54) is 0 Å². The van der Waals surface area contributed by atoms with E-state index in [-0.39, 0.29) is 5.91 Å². The fourth-order valence-electron chi connectivity index (χ4n) is 1.39. The molecule has 0 aliphatic rings. The highest BCUT2D eigenvalue weighted by Crippen LogP contribution is 2.17. The van der Waals surface area contributed by atoms with Gasteiger partial charge in [-0.05, 0) is 26.2 Å². The lowest BCUT2D eigenvalue weighted by molar-refractivity contribution is -0.116. The van der Waals surface area contributed by atoms with Gasteiger partial charge in [0.25, 0.3) is 0 Å². The second-order valence-corrected chi connectivity index (χ2v) is 4.16. The van der Waals surface area contributed by atoms with Gasteiger partial charge in [-0.3, -0.25) is 4.79 Å². The molecule has 0 aromatic heterocycles. The molecule has 1 amide bonds. The van der Waals surface area contributed by atoms with Gasteiger partial charge in [0, 0.05) is 18.9 Å². The molecule has 100 valence electrons. The first-order valence-electron chi connectivity index (χ1n) is 5.78. The molecule has 5 heteroatoms. The SMILES string of the molecule is COCCOc1cccc(NC(=O)CN(C)C)c1. The Morgan fingerprint density at radius 2 is 2.11 bits per heavy atom. The summed E-state index contributed by atoms with van der Waals surface area (Å²) in [5.74, 6) is 0.670. The molecule has 0 atom stereocenters. The monoisotopic (exact) mass is 252 g/mol. The Labute approximate surface area is 108 Å². The molecule has 0 unspecified atom stereocenters. The molecule has 1 rings (SSSR count). The minimum Gasteiger partial charge on any atom is -0.491 e. The fraction of sp³-hybridized carbons (Fsp3) is 0.462. The molecule has 0 saturated heterocycles. The summed E-state index contributed by atoms with van der Waals surface area (Å²) in [6.07, 6.45) is 0. The summed E-state index contributed by atoms with van der Waals surface area (Å²) in [6, 6.07) is 7.31. The lowest BCUT2D eigenvalue weighted by atomic mass is 10.3. The molecule has 0 bridgehead atoms. The van der Waals surface area contributed by atoms with Crippen molar-refractivity contribution in [1.82, 2.24) is 4.90 Å². The van der Waals surface area contributed by atoms with Crippen molar-refractivity contribution in [3.05, 3.63) is 24.3 Å². The molecule has 0 radical (unpaired) electrons. The highest BCUT2D eigenvalue weighted by atomic mass is 16.5. The summed E-state index contributed by atoms with van der Waals surface area (Å²) < 4.78 is 10.4. The molecule has 1 aromatic carbocycles. The zero-order valence-electron chi connectivity index (χ0n) is 11.1. The minimum atomic E-state index is -0.0472. The van der Waals surface area contributed by atoms with Crippen molar-refractivity contribution in [2.75, 3.05) is 46.3 Å². The Kier molecular flexibility index (Phi) is 6.18. The Morgan fingerprint density at radius 3 is 2.78 bits per heavy atom. The summed E-state index contributed by atoms with van der Waals surface area (Å²) >= 11 is 0. The largest absolute Gasteiger partial charge is 0.491 e. The molecule has 0 heterocycles. The highest BCUT2D eigenvalue weighted by Gasteiger charge is 2.04. The second kappa shape index (κ2) is 7.68. The zero-order chi connectivity index (χ0) is 13.4. The van der Waals surface area contributed by atoms with Gasteiger partial charge in [-0.1, -0.05) is 6.07 Å². The van der Waals surface area contributed by atoms with Crippen molar-refractivity contribution < 1.29 is 14.3 Å². The van der Waals surface area contributed by atoms with Crippen LogP contribution in [0, 0.1) is 0 Å². The van der Waals surface area contributed by atoms with Gasteiger partial charge in [0.1, 0.15) is 12.4 Å². The van der Waals surface area contributed by atoms with Gasteiger partial charge in [0.2, 0.25) is 5.91 Å². The number of nitrogens with one attached hydrogen (secondary N) is 1. The Hall–Kier alpha value is -1.59. The minimum absolute atomic E-state index is 0.0472. The molecule has 5 nitrogen and oxygen atoms in total. The standard InChI is InChI=1S/C13H20N2O3/c1-15(2)10-13(16)14-11-5-4-6-12(9-11)18-8-7-17-3/h4-6,9H,7-8,10H2,1-3H3,(H,14,16). The van der Waals surface area contributed by atoms with Crippen molar-refractivity contribution in [3.8, 4) is 5.75 Å². The smallest absolute Gasteiger partial charge is 0.238 e. The third kappa shape index (κ3) is 5.65. The molecular weight excluding hydrogens is 232 g/mol. The van der Waals surface area contributed by atoms with Crippen LogP contribution >= 0.6 is 0 Å². The van der Waals surface area contributed by atoms with Crippen LogP contribution in [0.3, 0.4) is 0 Å². The van der Waals surface area contributed by atoms with Crippen molar-refractivity contribution in [1.29, 1.82) is 0 Å².